The van der Waals surface area contributed by atoms with Gasteiger partial charge in [-0.1, -0.05) is 15.9 Å². The molecule has 0 spiro atoms. The summed E-state index contributed by atoms with van der Waals surface area (Å²) in [5.74, 6) is 0. The van der Waals surface area contributed by atoms with Crippen LogP contribution in [0.2, 0.25) is 0 Å². The Balaban J connectivity index is 2.36. The fourth-order valence-electron chi connectivity index (χ4n) is 1.38. The van der Waals surface area contributed by atoms with Crippen LogP contribution in [-0.4, -0.2) is 0 Å². The van der Waals surface area contributed by atoms with E-state index in [0.29, 0.717) is 4.83 Å². The van der Waals surface area contributed by atoms with Gasteiger partial charge in [-0.25, -0.2) is 0 Å². The topological polar surface area (TPSA) is 0 Å². The number of hydrogen-bond acceptors (Lipinski definition) is 2. The summed E-state index contributed by atoms with van der Waals surface area (Å²) in [5.41, 5.74) is 2.68. The lowest BCUT2D eigenvalue weighted by atomic mass is 10.2. The second-order valence-electron chi connectivity index (χ2n) is 3.44. The van der Waals surface area contributed by atoms with Crippen LogP contribution in [0.25, 0.3) is 0 Å². The molecule has 0 bridgehead atoms. The van der Waals surface area contributed by atoms with E-state index < -0.39 is 0 Å². The van der Waals surface area contributed by atoms with E-state index in [1.54, 1.807) is 11.3 Å². The Morgan fingerprint density at radius 2 is 2.00 bits per heavy atom. The van der Waals surface area contributed by atoms with Gasteiger partial charge < -0.3 is 0 Å². The third-order valence-corrected chi connectivity index (χ3v) is 7.10. The summed E-state index contributed by atoms with van der Waals surface area (Å²) in [7, 11) is 0. The van der Waals surface area contributed by atoms with Crippen molar-refractivity contribution >= 4 is 54.5 Å². The van der Waals surface area contributed by atoms with Gasteiger partial charge in [-0.05, 0) is 58.4 Å². The average Bonchev–Trinajstić information content (AvgIpc) is 2.74. The molecule has 1 atom stereocenters. The maximum absolute atomic E-state index is 3.77. The van der Waals surface area contributed by atoms with Crippen LogP contribution in [0.15, 0.2) is 21.3 Å². The molecule has 2 aromatic rings. The largest absolute Gasteiger partial charge is 0.147 e. The second-order valence-corrected chi connectivity index (χ2v) is 7.70. The lowest BCUT2D eigenvalue weighted by Gasteiger charge is -2.05. The monoisotopic (exact) mass is 364 g/mol. The van der Waals surface area contributed by atoms with E-state index in [0.717, 1.165) is 0 Å². The highest BCUT2D eigenvalue weighted by atomic mass is 79.9. The van der Waals surface area contributed by atoms with Gasteiger partial charge in [-0.2, -0.15) is 0 Å². The van der Waals surface area contributed by atoms with Gasteiger partial charge >= 0.3 is 0 Å². The van der Waals surface area contributed by atoms with Crippen molar-refractivity contribution in [1.29, 1.82) is 0 Å². The van der Waals surface area contributed by atoms with Gasteiger partial charge in [0.1, 0.15) is 0 Å². The third-order valence-electron chi connectivity index (χ3n) is 2.26. The molecule has 0 aliphatic heterocycles. The Morgan fingerprint density at radius 3 is 2.47 bits per heavy atom. The predicted molar refractivity (Wildman–Crippen MR) is 76.6 cm³/mol. The highest BCUT2D eigenvalue weighted by molar-refractivity contribution is 9.11. The maximum Gasteiger partial charge on any atom is 0.0834 e. The van der Waals surface area contributed by atoms with Crippen molar-refractivity contribution in [2.24, 2.45) is 0 Å². The van der Waals surface area contributed by atoms with Crippen LogP contribution in [0.3, 0.4) is 0 Å². The molecule has 0 nitrogen and oxygen atoms in total. The molecule has 2 rings (SSSR count). The molecule has 15 heavy (non-hydrogen) atoms. The molecule has 0 aliphatic carbocycles. The molecule has 0 N–H and O–H groups in total. The summed E-state index contributed by atoms with van der Waals surface area (Å²) in [6.07, 6.45) is 0. The molecule has 0 saturated heterocycles. The van der Waals surface area contributed by atoms with Gasteiger partial charge in [0, 0.05) is 9.75 Å². The summed E-state index contributed by atoms with van der Waals surface area (Å²) in [6.45, 7) is 4.29. The zero-order valence-electron chi connectivity index (χ0n) is 8.38. The molecule has 0 aromatic carbocycles. The minimum atomic E-state index is 0.340. The van der Waals surface area contributed by atoms with Crippen LogP contribution in [-0.2, 0) is 0 Å². The van der Waals surface area contributed by atoms with Crippen LogP contribution >= 0.6 is 54.5 Å². The van der Waals surface area contributed by atoms with Crippen LogP contribution in [0.5, 0.6) is 0 Å². The Hall–Kier alpha value is 0.360. The van der Waals surface area contributed by atoms with Gasteiger partial charge in [0.05, 0.1) is 8.61 Å². The molecule has 80 valence electrons. The van der Waals surface area contributed by atoms with Crippen molar-refractivity contribution in [1.82, 2.24) is 0 Å². The molecule has 0 fully saturated rings. The fraction of sp³-hybridized carbons (Fsp3) is 0.273. The highest BCUT2D eigenvalue weighted by Crippen LogP contribution is 2.41. The van der Waals surface area contributed by atoms with Gasteiger partial charge in [0.2, 0.25) is 0 Å². The van der Waals surface area contributed by atoms with Gasteiger partial charge in [0.15, 0.2) is 0 Å². The number of aryl methyl sites for hydroxylation is 2. The lowest BCUT2D eigenvalue weighted by Crippen LogP contribution is -1.87. The SMILES string of the molecule is Cc1cc(C(Br)c2sccc2C)sc1Br. The Labute approximate surface area is 115 Å². The normalized spacial score (nSPS) is 13.1. The van der Waals surface area contributed by atoms with Gasteiger partial charge in [-0.15, -0.1) is 22.7 Å². The summed E-state index contributed by atoms with van der Waals surface area (Å²) in [6, 6.07) is 4.41. The standard InChI is InChI=1S/C11H10Br2S2/c1-6-3-4-14-10(6)9(12)8-5-7(2)11(13)15-8/h3-5,9H,1-2H3. The summed E-state index contributed by atoms with van der Waals surface area (Å²) >= 11 is 11.0. The van der Waals surface area contributed by atoms with Crippen molar-refractivity contribution in [2.45, 2.75) is 18.7 Å². The molecule has 0 aliphatic rings. The van der Waals surface area contributed by atoms with E-state index in [-0.39, 0.29) is 0 Å². The van der Waals surface area contributed by atoms with Gasteiger partial charge in [-0.3, -0.25) is 0 Å². The van der Waals surface area contributed by atoms with Crippen LogP contribution in [0.4, 0.5) is 0 Å². The first-order valence-corrected chi connectivity index (χ1v) is 7.94. The first kappa shape index (κ1) is 11.8. The number of hydrogen-bond donors (Lipinski definition) is 0. The zero-order valence-corrected chi connectivity index (χ0v) is 13.2. The van der Waals surface area contributed by atoms with Crippen molar-refractivity contribution in [3.8, 4) is 0 Å². The summed E-state index contributed by atoms with van der Waals surface area (Å²) in [4.78, 5) is 3.11. The minimum absolute atomic E-state index is 0.340. The van der Waals surface area contributed by atoms with E-state index in [9.17, 15) is 0 Å². The van der Waals surface area contributed by atoms with Crippen molar-refractivity contribution < 1.29 is 0 Å². The summed E-state index contributed by atoms with van der Waals surface area (Å²) in [5, 5.41) is 2.15. The Morgan fingerprint density at radius 1 is 1.27 bits per heavy atom. The number of thiophene rings is 2. The van der Waals surface area contributed by atoms with E-state index in [1.807, 2.05) is 11.3 Å². The second kappa shape index (κ2) is 4.70. The van der Waals surface area contributed by atoms with E-state index in [1.165, 1.54) is 24.7 Å². The molecular weight excluding hydrogens is 356 g/mol. The van der Waals surface area contributed by atoms with Crippen LogP contribution < -0.4 is 0 Å². The third kappa shape index (κ3) is 2.38. The molecule has 0 amide bonds. The van der Waals surface area contributed by atoms with Crippen molar-refractivity contribution in [3.63, 3.8) is 0 Å². The molecule has 0 saturated carbocycles. The number of halogens is 2. The lowest BCUT2D eigenvalue weighted by molar-refractivity contribution is 1.24. The molecular formula is C11H10Br2S2. The smallest absolute Gasteiger partial charge is 0.0834 e. The van der Waals surface area contributed by atoms with Crippen LogP contribution in [0.1, 0.15) is 25.7 Å². The average molecular weight is 366 g/mol. The Kier molecular flexibility index (Phi) is 3.71. The zero-order chi connectivity index (χ0) is 11.0. The first-order chi connectivity index (χ1) is 7.09. The number of alkyl halides is 1. The maximum atomic E-state index is 3.77. The first-order valence-electron chi connectivity index (χ1n) is 4.53. The van der Waals surface area contributed by atoms with Crippen molar-refractivity contribution in [2.75, 3.05) is 0 Å². The minimum Gasteiger partial charge on any atom is -0.147 e. The quantitative estimate of drug-likeness (QED) is 0.601. The van der Waals surface area contributed by atoms with E-state index in [4.69, 9.17) is 0 Å². The highest BCUT2D eigenvalue weighted by Gasteiger charge is 2.17. The molecule has 4 heteroatoms. The van der Waals surface area contributed by atoms with E-state index >= 15 is 0 Å². The molecule has 2 aromatic heterocycles. The Bertz CT molecular complexity index is 451. The number of rotatable bonds is 2. The fourth-order valence-corrected chi connectivity index (χ4v) is 5.03. The molecule has 1 unspecified atom stereocenters. The van der Waals surface area contributed by atoms with Gasteiger partial charge in [0.25, 0.3) is 0 Å². The van der Waals surface area contributed by atoms with Crippen LogP contribution in [0, 0.1) is 13.8 Å². The summed E-state index contributed by atoms with van der Waals surface area (Å²) < 4.78 is 1.23. The molecule has 2 heterocycles. The molecule has 0 radical (unpaired) electrons. The van der Waals surface area contributed by atoms with E-state index in [2.05, 4.69) is 63.2 Å². The van der Waals surface area contributed by atoms with Crippen molar-refractivity contribution in [3.05, 3.63) is 42.2 Å². The predicted octanol–water partition coefficient (Wildman–Crippen LogP) is 5.67.